The van der Waals surface area contributed by atoms with Crippen molar-refractivity contribution in [2.24, 2.45) is 17.3 Å². The van der Waals surface area contributed by atoms with E-state index < -0.39 is 35.3 Å². The summed E-state index contributed by atoms with van der Waals surface area (Å²) < 4.78 is 5.55. The molecule has 0 fully saturated rings. The lowest BCUT2D eigenvalue weighted by Gasteiger charge is -2.30. The fourth-order valence-electron chi connectivity index (χ4n) is 4.37. The smallest absolute Gasteiger partial charge is 0.407 e. The summed E-state index contributed by atoms with van der Waals surface area (Å²) in [6.45, 7) is 9.22. The number of carboxylic acid groups (broad SMARTS) is 1. The molecule has 0 radical (unpaired) electrons. The second kappa shape index (κ2) is 10.3. The molecule has 0 saturated heterocycles. The molecule has 2 aromatic rings. The lowest BCUT2D eigenvalue weighted by molar-refractivity contribution is -0.145. The van der Waals surface area contributed by atoms with Crippen molar-refractivity contribution in [1.82, 2.24) is 10.6 Å². The topological polar surface area (TPSA) is 105 Å². The number of fused-ring (bicyclic) bond motifs is 3. The predicted octanol–water partition coefficient (Wildman–Crippen LogP) is 4.41. The Labute approximate surface area is 200 Å². The monoisotopic (exact) mass is 466 g/mol. The molecule has 0 spiro atoms. The van der Waals surface area contributed by atoms with Crippen LogP contribution in [0.4, 0.5) is 4.79 Å². The van der Waals surface area contributed by atoms with Gasteiger partial charge in [-0.2, -0.15) is 0 Å². The van der Waals surface area contributed by atoms with Gasteiger partial charge in [0.25, 0.3) is 0 Å². The summed E-state index contributed by atoms with van der Waals surface area (Å²) in [6.07, 6.45) is -0.606. The second-order valence-corrected chi connectivity index (χ2v) is 10.2. The summed E-state index contributed by atoms with van der Waals surface area (Å²) in [5.74, 6) is -2.25. The van der Waals surface area contributed by atoms with Crippen LogP contribution in [0.2, 0.25) is 0 Å². The van der Waals surface area contributed by atoms with Gasteiger partial charge in [0.05, 0.1) is 5.92 Å². The normalized spacial score (nSPS) is 14.6. The Balaban J connectivity index is 1.60. The molecular formula is C27H34N2O5. The quantitative estimate of drug-likeness (QED) is 0.534. The lowest BCUT2D eigenvalue weighted by Crippen LogP contribution is -2.52. The number of hydrogen-bond acceptors (Lipinski definition) is 4. The average Bonchev–Trinajstić information content (AvgIpc) is 3.08. The van der Waals surface area contributed by atoms with Crippen molar-refractivity contribution in [1.29, 1.82) is 0 Å². The van der Waals surface area contributed by atoms with Crippen LogP contribution < -0.4 is 10.6 Å². The Morgan fingerprint density at radius 1 is 0.971 bits per heavy atom. The third-order valence-corrected chi connectivity index (χ3v) is 6.35. The molecule has 3 N–H and O–H groups in total. The first-order chi connectivity index (χ1) is 16.0. The Hall–Kier alpha value is -3.35. The van der Waals surface area contributed by atoms with Crippen LogP contribution in [-0.4, -0.2) is 42.3 Å². The van der Waals surface area contributed by atoms with Crippen molar-refractivity contribution in [3.8, 4) is 11.1 Å². The van der Waals surface area contributed by atoms with Gasteiger partial charge in [0.1, 0.15) is 12.6 Å². The van der Waals surface area contributed by atoms with Gasteiger partial charge < -0.3 is 20.5 Å². The minimum Gasteiger partial charge on any atom is -0.480 e. The molecule has 0 saturated carbocycles. The lowest BCUT2D eigenvalue weighted by atomic mass is 9.85. The van der Waals surface area contributed by atoms with E-state index in [0.717, 1.165) is 22.3 Å². The molecular weight excluding hydrogens is 432 g/mol. The van der Waals surface area contributed by atoms with E-state index >= 15 is 0 Å². The van der Waals surface area contributed by atoms with Crippen molar-refractivity contribution in [2.45, 2.75) is 46.6 Å². The van der Waals surface area contributed by atoms with Crippen LogP contribution in [0.15, 0.2) is 48.5 Å². The molecule has 2 amide bonds. The van der Waals surface area contributed by atoms with E-state index in [-0.39, 0.29) is 25.0 Å². The summed E-state index contributed by atoms with van der Waals surface area (Å²) >= 11 is 0. The highest BCUT2D eigenvalue weighted by Crippen LogP contribution is 2.44. The first-order valence-electron chi connectivity index (χ1n) is 11.6. The van der Waals surface area contributed by atoms with Crippen LogP contribution in [-0.2, 0) is 14.3 Å². The zero-order valence-electron chi connectivity index (χ0n) is 20.4. The molecule has 0 aromatic heterocycles. The van der Waals surface area contributed by atoms with E-state index in [0.29, 0.717) is 0 Å². The van der Waals surface area contributed by atoms with Crippen LogP contribution in [0.1, 0.15) is 51.7 Å². The number of ether oxygens (including phenoxy) is 1. The molecule has 34 heavy (non-hydrogen) atoms. The summed E-state index contributed by atoms with van der Waals surface area (Å²) in [6, 6.07) is 15.2. The molecule has 1 aliphatic rings. The van der Waals surface area contributed by atoms with Gasteiger partial charge in [-0.25, -0.2) is 9.59 Å². The van der Waals surface area contributed by atoms with Gasteiger partial charge in [-0.1, -0.05) is 83.1 Å². The standard InChI is InChI=1S/C27H34N2O5/c1-16(2)21(24(30)29-23(25(31)32)27(3,4)5)14-28-26(33)34-15-22-19-12-8-6-10-17(19)18-11-7-9-13-20(18)22/h6-13,16,21-23H,14-15H2,1-5H3,(H,28,33)(H,29,30)(H,31,32)/t21?,23-/m1/s1. The summed E-state index contributed by atoms with van der Waals surface area (Å²) in [7, 11) is 0. The molecule has 1 unspecified atom stereocenters. The molecule has 0 bridgehead atoms. The molecule has 0 aliphatic heterocycles. The Morgan fingerprint density at radius 2 is 1.50 bits per heavy atom. The number of nitrogens with one attached hydrogen (secondary N) is 2. The third kappa shape index (κ3) is 5.58. The zero-order chi connectivity index (χ0) is 25.0. The molecule has 2 atom stereocenters. The van der Waals surface area contributed by atoms with Crippen molar-refractivity contribution in [3.63, 3.8) is 0 Å². The largest absolute Gasteiger partial charge is 0.480 e. The number of carbonyl (C=O) groups excluding carboxylic acids is 2. The highest BCUT2D eigenvalue weighted by Gasteiger charge is 2.35. The third-order valence-electron chi connectivity index (χ3n) is 6.35. The highest BCUT2D eigenvalue weighted by molar-refractivity contribution is 5.86. The van der Waals surface area contributed by atoms with Crippen LogP contribution in [0.5, 0.6) is 0 Å². The Morgan fingerprint density at radius 3 is 1.97 bits per heavy atom. The van der Waals surface area contributed by atoms with Crippen LogP contribution >= 0.6 is 0 Å². The number of hydrogen-bond donors (Lipinski definition) is 3. The number of benzene rings is 2. The summed E-state index contributed by atoms with van der Waals surface area (Å²) in [4.78, 5) is 37.0. The maximum Gasteiger partial charge on any atom is 0.407 e. The minimum atomic E-state index is -1.09. The summed E-state index contributed by atoms with van der Waals surface area (Å²) in [5.41, 5.74) is 3.89. The fraction of sp³-hybridized carbons (Fsp3) is 0.444. The fourth-order valence-corrected chi connectivity index (χ4v) is 4.37. The molecule has 7 heteroatoms. The van der Waals surface area contributed by atoms with E-state index in [1.807, 2.05) is 38.1 Å². The minimum absolute atomic E-state index is 0.0505. The number of amides is 2. The van der Waals surface area contributed by atoms with E-state index in [1.165, 1.54) is 0 Å². The van der Waals surface area contributed by atoms with Gasteiger partial charge in [0.15, 0.2) is 0 Å². The van der Waals surface area contributed by atoms with E-state index in [1.54, 1.807) is 20.8 Å². The van der Waals surface area contributed by atoms with Gasteiger partial charge >= 0.3 is 12.1 Å². The first-order valence-corrected chi connectivity index (χ1v) is 11.6. The van der Waals surface area contributed by atoms with E-state index in [2.05, 4.69) is 34.9 Å². The van der Waals surface area contributed by atoms with Crippen molar-refractivity contribution < 1.29 is 24.2 Å². The Bertz CT molecular complexity index is 1010. The zero-order valence-corrected chi connectivity index (χ0v) is 20.4. The van der Waals surface area contributed by atoms with E-state index in [9.17, 15) is 19.5 Å². The number of rotatable bonds is 8. The molecule has 3 rings (SSSR count). The maximum atomic E-state index is 12.8. The van der Waals surface area contributed by atoms with Crippen LogP contribution in [0.25, 0.3) is 11.1 Å². The molecule has 182 valence electrons. The maximum absolute atomic E-state index is 12.8. The van der Waals surface area contributed by atoms with Crippen molar-refractivity contribution >= 4 is 18.0 Å². The van der Waals surface area contributed by atoms with Crippen LogP contribution in [0, 0.1) is 17.3 Å². The van der Waals surface area contributed by atoms with Crippen molar-refractivity contribution in [2.75, 3.05) is 13.2 Å². The van der Waals surface area contributed by atoms with E-state index in [4.69, 9.17) is 4.74 Å². The second-order valence-electron chi connectivity index (χ2n) is 10.2. The number of carboxylic acids is 1. The SMILES string of the molecule is CC(C)C(CNC(=O)OCC1c2ccccc2-c2ccccc21)C(=O)N[C@H](C(=O)O)C(C)(C)C. The van der Waals surface area contributed by atoms with Gasteiger partial charge in [0, 0.05) is 12.5 Å². The molecule has 0 heterocycles. The highest BCUT2D eigenvalue weighted by atomic mass is 16.5. The van der Waals surface area contributed by atoms with Gasteiger partial charge in [-0.05, 0) is 33.6 Å². The molecule has 7 nitrogen and oxygen atoms in total. The molecule has 2 aromatic carbocycles. The predicted molar refractivity (Wildman–Crippen MR) is 130 cm³/mol. The van der Waals surface area contributed by atoms with Gasteiger partial charge in [0.2, 0.25) is 5.91 Å². The summed E-state index contributed by atoms with van der Waals surface area (Å²) in [5, 5.41) is 14.8. The van der Waals surface area contributed by atoms with Gasteiger partial charge in [-0.3, -0.25) is 4.79 Å². The first kappa shape index (κ1) is 25.3. The Kier molecular flexibility index (Phi) is 7.64. The van der Waals surface area contributed by atoms with Gasteiger partial charge in [-0.15, -0.1) is 0 Å². The molecule has 1 aliphatic carbocycles. The van der Waals surface area contributed by atoms with Crippen molar-refractivity contribution in [3.05, 3.63) is 59.7 Å². The number of alkyl carbamates (subject to hydrolysis) is 1. The number of aliphatic carboxylic acids is 1. The number of carbonyl (C=O) groups is 3. The average molecular weight is 467 g/mol. The van der Waals surface area contributed by atoms with Crippen LogP contribution in [0.3, 0.4) is 0 Å².